The summed E-state index contributed by atoms with van der Waals surface area (Å²) >= 11 is 0.767. The molecule has 3 amide bonds. The van der Waals surface area contributed by atoms with Crippen LogP contribution in [0.15, 0.2) is 48.5 Å². The Morgan fingerprint density at radius 3 is 2.36 bits per heavy atom. The maximum atomic E-state index is 14.0. The first-order valence-electron chi connectivity index (χ1n) is 11.1. The molecule has 3 rings (SSSR count). The Morgan fingerprint density at radius 2 is 1.81 bits per heavy atom. The summed E-state index contributed by atoms with van der Waals surface area (Å²) in [5.41, 5.74) is 14.1. The second kappa shape index (κ2) is 11.6. The number of ether oxygens (including phenoxy) is 1. The fraction of sp³-hybridized carbons (Fsp3) is 0.280. The Hall–Kier alpha value is -3.96. The molecule has 0 unspecified atom stereocenters. The average Bonchev–Trinajstić information content (AvgIpc) is 3.23. The van der Waals surface area contributed by atoms with E-state index in [-0.39, 0.29) is 22.8 Å². The Kier molecular flexibility index (Phi) is 8.62. The zero-order chi connectivity index (χ0) is 26.4. The molecule has 190 valence electrons. The van der Waals surface area contributed by atoms with E-state index in [1.165, 1.54) is 12.0 Å². The van der Waals surface area contributed by atoms with Gasteiger partial charge in [-0.25, -0.2) is 0 Å². The van der Waals surface area contributed by atoms with E-state index in [4.69, 9.17) is 16.2 Å². The molecule has 0 spiro atoms. The molecule has 0 saturated heterocycles. The van der Waals surface area contributed by atoms with E-state index >= 15 is 0 Å². The number of carbonyl (C=O) groups excluding carboxylic acids is 3. The van der Waals surface area contributed by atoms with Crippen molar-refractivity contribution >= 4 is 46.3 Å². The summed E-state index contributed by atoms with van der Waals surface area (Å²) in [6.45, 7) is 2.45. The molecule has 5 N–H and O–H groups in total. The lowest BCUT2D eigenvalue weighted by atomic mass is 10.0. The summed E-state index contributed by atoms with van der Waals surface area (Å²) in [6.07, 6.45) is 0. The van der Waals surface area contributed by atoms with E-state index in [0.717, 1.165) is 22.8 Å². The molecule has 36 heavy (non-hydrogen) atoms. The second-order valence-corrected chi connectivity index (χ2v) is 9.10. The Morgan fingerprint density at radius 1 is 1.11 bits per heavy atom. The normalized spacial score (nSPS) is 11.6. The van der Waals surface area contributed by atoms with Crippen molar-refractivity contribution in [3.05, 3.63) is 70.2 Å². The van der Waals surface area contributed by atoms with Crippen molar-refractivity contribution in [2.45, 2.75) is 13.0 Å². The van der Waals surface area contributed by atoms with Crippen molar-refractivity contribution in [3.8, 4) is 0 Å². The number of rotatable bonds is 10. The van der Waals surface area contributed by atoms with Crippen LogP contribution in [0.5, 0.6) is 0 Å². The highest BCUT2D eigenvalue weighted by atomic mass is 32.1. The molecule has 1 heterocycles. The first-order chi connectivity index (χ1) is 17.1. The molecule has 1 aromatic heterocycles. The third kappa shape index (κ3) is 5.81. The Bertz CT molecular complexity index is 1240. The highest BCUT2D eigenvalue weighted by Crippen LogP contribution is 2.34. The van der Waals surface area contributed by atoms with E-state index in [1.807, 2.05) is 44.1 Å². The maximum Gasteiger partial charge on any atom is 0.273 e. The van der Waals surface area contributed by atoms with Gasteiger partial charge >= 0.3 is 0 Å². The number of benzene rings is 2. The molecule has 0 radical (unpaired) electrons. The molecule has 0 saturated carbocycles. The zero-order valence-corrected chi connectivity index (χ0v) is 21.5. The van der Waals surface area contributed by atoms with Gasteiger partial charge in [-0.3, -0.25) is 19.3 Å². The number of methoxy groups -OCH3 is 1. The molecule has 10 nitrogen and oxygen atoms in total. The van der Waals surface area contributed by atoms with Gasteiger partial charge in [0.2, 0.25) is 5.91 Å². The van der Waals surface area contributed by atoms with E-state index < -0.39 is 23.8 Å². The van der Waals surface area contributed by atoms with Gasteiger partial charge in [-0.2, -0.15) is 4.37 Å². The van der Waals surface area contributed by atoms with E-state index in [9.17, 15) is 14.4 Å². The van der Waals surface area contributed by atoms with Crippen LogP contribution in [0.25, 0.3) is 0 Å². The van der Waals surface area contributed by atoms with Gasteiger partial charge in [0.05, 0.1) is 12.3 Å². The number of carbonyl (C=O) groups is 3. The lowest BCUT2D eigenvalue weighted by molar-refractivity contribution is -0.122. The zero-order valence-electron chi connectivity index (χ0n) is 20.6. The minimum atomic E-state index is -1.05. The fourth-order valence-electron chi connectivity index (χ4n) is 3.65. The van der Waals surface area contributed by atoms with Crippen LogP contribution in [0.1, 0.15) is 37.3 Å². The topological polar surface area (TPSA) is 144 Å². The highest BCUT2D eigenvalue weighted by Gasteiger charge is 2.36. The predicted molar refractivity (Wildman–Crippen MR) is 141 cm³/mol. The van der Waals surface area contributed by atoms with Crippen molar-refractivity contribution in [1.29, 1.82) is 0 Å². The van der Waals surface area contributed by atoms with Gasteiger partial charge in [0, 0.05) is 39.1 Å². The minimum absolute atomic E-state index is 0.0184. The number of hydrogen-bond donors (Lipinski definition) is 3. The monoisotopic (exact) mass is 510 g/mol. The number of aryl methyl sites for hydroxylation is 1. The molecule has 1 atom stereocenters. The summed E-state index contributed by atoms with van der Waals surface area (Å²) in [5.74, 6) is -1.82. The fourth-order valence-corrected chi connectivity index (χ4v) is 4.39. The van der Waals surface area contributed by atoms with Crippen LogP contribution < -0.4 is 26.6 Å². The molecule has 2 aromatic carbocycles. The molecule has 3 aromatic rings. The lowest BCUT2D eigenvalue weighted by Gasteiger charge is -2.31. The number of hydrogen-bond acceptors (Lipinski definition) is 8. The maximum absolute atomic E-state index is 14.0. The van der Waals surface area contributed by atoms with Crippen molar-refractivity contribution in [2.24, 2.45) is 5.73 Å². The van der Waals surface area contributed by atoms with Gasteiger partial charge in [-0.15, -0.1) is 0 Å². The SMILES string of the molecule is COCCNC(=O)[C@@H](c1ccc(N(C)C)cc1)N(C(=O)c1snc(C(N)=O)c1N)c1cccc(C)c1. The molecular weight excluding hydrogens is 480 g/mol. The second-order valence-electron chi connectivity index (χ2n) is 8.32. The molecule has 0 fully saturated rings. The van der Waals surface area contributed by atoms with Crippen molar-refractivity contribution < 1.29 is 19.1 Å². The molecule has 0 aliphatic carbocycles. The predicted octanol–water partition coefficient (Wildman–Crippen LogP) is 2.35. The summed E-state index contributed by atoms with van der Waals surface area (Å²) in [5, 5.41) is 2.84. The number of aromatic nitrogens is 1. The number of nitrogens with one attached hydrogen (secondary N) is 1. The number of amides is 3. The molecule has 11 heteroatoms. The largest absolute Gasteiger partial charge is 0.395 e. The third-order valence-electron chi connectivity index (χ3n) is 5.49. The minimum Gasteiger partial charge on any atom is -0.395 e. The van der Waals surface area contributed by atoms with E-state index in [1.54, 1.807) is 30.3 Å². The Balaban J connectivity index is 2.18. The van der Waals surface area contributed by atoms with E-state index in [2.05, 4.69) is 9.69 Å². The van der Waals surface area contributed by atoms with Crippen molar-refractivity contribution in [1.82, 2.24) is 9.69 Å². The quantitative estimate of drug-likeness (QED) is 0.355. The lowest BCUT2D eigenvalue weighted by Crippen LogP contribution is -2.44. The summed E-state index contributed by atoms with van der Waals surface area (Å²) in [6, 6.07) is 13.5. The molecular formula is C25H30N6O4S. The van der Waals surface area contributed by atoms with Gasteiger partial charge < -0.3 is 26.4 Å². The van der Waals surface area contributed by atoms with Crippen LogP contribution in [0, 0.1) is 6.92 Å². The van der Waals surface area contributed by atoms with Crippen LogP contribution in [0.4, 0.5) is 17.1 Å². The van der Waals surface area contributed by atoms with Gasteiger partial charge in [-0.05, 0) is 53.8 Å². The first-order valence-corrected chi connectivity index (χ1v) is 11.9. The summed E-state index contributed by atoms with van der Waals surface area (Å²) in [4.78, 5) is 42.6. The number of nitrogen functional groups attached to an aromatic ring is 1. The average molecular weight is 511 g/mol. The summed E-state index contributed by atoms with van der Waals surface area (Å²) in [7, 11) is 5.36. The third-order valence-corrected chi connectivity index (χ3v) is 6.34. The first kappa shape index (κ1) is 26.6. The van der Waals surface area contributed by atoms with Gasteiger partial charge in [0.1, 0.15) is 10.9 Å². The number of anilines is 3. The van der Waals surface area contributed by atoms with Gasteiger partial charge in [0.15, 0.2) is 5.69 Å². The van der Waals surface area contributed by atoms with Crippen molar-refractivity contribution in [2.75, 3.05) is 49.9 Å². The standard InChI is InChI=1S/C25H30N6O4S/c1-15-6-5-7-18(14-15)31(25(34)22-19(26)20(23(27)32)29-36-22)21(24(33)28-12-13-35-4)16-8-10-17(11-9-16)30(2)3/h5-11,14,21H,12-13,26H2,1-4H3,(H2,27,32)(H,28,33)/t21-/m1/s1. The van der Waals surface area contributed by atoms with Crippen LogP contribution in [0.3, 0.4) is 0 Å². The highest BCUT2D eigenvalue weighted by molar-refractivity contribution is 7.09. The van der Waals surface area contributed by atoms with Gasteiger partial charge in [-0.1, -0.05) is 24.3 Å². The summed E-state index contributed by atoms with van der Waals surface area (Å²) < 4.78 is 9.04. The number of nitrogens with two attached hydrogens (primary N) is 2. The number of primary amides is 1. The Labute approximate surface area is 214 Å². The van der Waals surface area contributed by atoms with Crippen LogP contribution in [-0.2, 0) is 9.53 Å². The smallest absolute Gasteiger partial charge is 0.273 e. The molecule has 0 aliphatic heterocycles. The number of nitrogens with zero attached hydrogens (tertiary/aromatic N) is 3. The van der Waals surface area contributed by atoms with Crippen LogP contribution in [-0.4, -0.2) is 56.5 Å². The molecule has 0 bridgehead atoms. The van der Waals surface area contributed by atoms with Gasteiger partial charge in [0.25, 0.3) is 11.8 Å². The van der Waals surface area contributed by atoms with Crippen molar-refractivity contribution in [3.63, 3.8) is 0 Å². The van der Waals surface area contributed by atoms with Crippen LogP contribution in [0.2, 0.25) is 0 Å². The van der Waals surface area contributed by atoms with E-state index in [0.29, 0.717) is 17.9 Å². The van der Waals surface area contributed by atoms with Crippen LogP contribution >= 0.6 is 11.5 Å². The molecule has 0 aliphatic rings.